The molecule has 2 aromatic carbocycles. The summed E-state index contributed by atoms with van der Waals surface area (Å²) in [6.07, 6.45) is 0.822. The second-order valence-corrected chi connectivity index (χ2v) is 5.99. The van der Waals surface area contributed by atoms with E-state index in [-0.39, 0.29) is 17.4 Å². The van der Waals surface area contributed by atoms with Crippen molar-refractivity contribution in [1.82, 2.24) is 15.0 Å². The third-order valence-electron chi connectivity index (χ3n) is 4.18. The second kappa shape index (κ2) is 6.76. The van der Waals surface area contributed by atoms with Crippen LogP contribution in [0.1, 0.15) is 34.1 Å². The van der Waals surface area contributed by atoms with E-state index in [0.29, 0.717) is 0 Å². The van der Waals surface area contributed by atoms with Gasteiger partial charge in [0.25, 0.3) is 5.91 Å². The molecule has 0 aliphatic heterocycles. The van der Waals surface area contributed by atoms with Gasteiger partial charge in [0.1, 0.15) is 0 Å². The quantitative estimate of drug-likeness (QED) is 0.766. The number of nitrogens with one attached hydrogen (secondary N) is 1. The van der Waals surface area contributed by atoms with Crippen LogP contribution in [0.4, 0.5) is 11.5 Å². The highest BCUT2D eigenvalue weighted by Gasteiger charge is 2.19. The van der Waals surface area contributed by atoms with Gasteiger partial charge in [0.15, 0.2) is 11.5 Å². The van der Waals surface area contributed by atoms with Crippen LogP contribution in [0.3, 0.4) is 0 Å². The molecule has 128 valence electrons. The number of aromatic nitrogens is 3. The van der Waals surface area contributed by atoms with Crippen molar-refractivity contribution in [3.8, 4) is 5.69 Å². The Labute approximate surface area is 146 Å². The molecule has 0 radical (unpaired) electrons. The molecular weight excluding hydrogens is 314 g/mol. The summed E-state index contributed by atoms with van der Waals surface area (Å²) >= 11 is 0. The van der Waals surface area contributed by atoms with Crippen molar-refractivity contribution in [1.29, 1.82) is 0 Å². The fraction of sp³-hybridized carbons (Fsp3) is 0.211. The first-order valence-electron chi connectivity index (χ1n) is 8.19. The molecule has 1 aromatic heterocycles. The largest absolute Gasteiger partial charge is 0.382 e. The maximum atomic E-state index is 12.6. The lowest BCUT2D eigenvalue weighted by Gasteiger charge is -2.12. The predicted octanol–water partition coefficient (Wildman–Crippen LogP) is 3.28. The summed E-state index contributed by atoms with van der Waals surface area (Å²) in [7, 11) is 0. The van der Waals surface area contributed by atoms with Crippen LogP contribution in [-0.4, -0.2) is 20.9 Å². The number of amides is 1. The molecule has 0 aliphatic rings. The third kappa shape index (κ3) is 3.24. The van der Waals surface area contributed by atoms with E-state index in [1.54, 1.807) is 0 Å². The van der Waals surface area contributed by atoms with Crippen molar-refractivity contribution in [3.05, 3.63) is 64.8 Å². The number of carbonyl (C=O) groups excluding carboxylic acids is 1. The summed E-state index contributed by atoms with van der Waals surface area (Å²) in [4.78, 5) is 12.6. The fourth-order valence-electron chi connectivity index (χ4n) is 2.70. The molecule has 1 heterocycles. The van der Waals surface area contributed by atoms with Gasteiger partial charge in [-0.15, -0.1) is 5.10 Å². The highest BCUT2D eigenvalue weighted by Crippen LogP contribution is 2.23. The zero-order valence-corrected chi connectivity index (χ0v) is 14.6. The summed E-state index contributed by atoms with van der Waals surface area (Å²) in [6.45, 7) is 6.01. The zero-order valence-electron chi connectivity index (χ0n) is 14.6. The van der Waals surface area contributed by atoms with Crippen LogP contribution < -0.4 is 11.1 Å². The maximum Gasteiger partial charge on any atom is 0.280 e. The Morgan fingerprint density at radius 3 is 2.56 bits per heavy atom. The molecule has 6 heteroatoms. The minimum absolute atomic E-state index is 0.117. The molecule has 0 spiro atoms. The van der Waals surface area contributed by atoms with Crippen LogP contribution in [0.5, 0.6) is 0 Å². The molecule has 0 fully saturated rings. The van der Waals surface area contributed by atoms with Gasteiger partial charge in [-0.2, -0.15) is 4.68 Å². The number of aryl methyl sites for hydroxylation is 3. The summed E-state index contributed by atoms with van der Waals surface area (Å²) in [5.41, 5.74) is 11.0. The van der Waals surface area contributed by atoms with Gasteiger partial charge in [-0.25, -0.2) is 0 Å². The number of para-hydroxylation sites is 1. The van der Waals surface area contributed by atoms with Crippen LogP contribution in [0, 0.1) is 13.8 Å². The first-order valence-corrected chi connectivity index (χ1v) is 8.19. The number of hydrogen-bond acceptors (Lipinski definition) is 4. The Balaban J connectivity index is 1.91. The average molecular weight is 335 g/mol. The van der Waals surface area contributed by atoms with E-state index in [1.165, 1.54) is 4.68 Å². The number of hydrogen-bond donors (Lipinski definition) is 2. The Kier molecular flexibility index (Phi) is 4.52. The normalized spacial score (nSPS) is 10.7. The van der Waals surface area contributed by atoms with E-state index in [9.17, 15) is 4.79 Å². The molecule has 3 N–H and O–H groups in total. The molecule has 0 bridgehead atoms. The predicted molar refractivity (Wildman–Crippen MR) is 99.0 cm³/mol. The van der Waals surface area contributed by atoms with Crippen LogP contribution in [0.25, 0.3) is 5.69 Å². The summed E-state index contributed by atoms with van der Waals surface area (Å²) < 4.78 is 1.47. The molecule has 0 saturated carbocycles. The van der Waals surface area contributed by atoms with Gasteiger partial charge >= 0.3 is 0 Å². The van der Waals surface area contributed by atoms with Crippen molar-refractivity contribution in [2.75, 3.05) is 11.1 Å². The van der Waals surface area contributed by atoms with E-state index >= 15 is 0 Å². The number of benzene rings is 2. The van der Waals surface area contributed by atoms with Crippen molar-refractivity contribution >= 4 is 17.4 Å². The molecule has 3 aromatic rings. The van der Waals surface area contributed by atoms with Crippen LogP contribution in [0.2, 0.25) is 0 Å². The van der Waals surface area contributed by atoms with E-state index in [4.69, 9.17) is 5.73 Å². The van der Waals surface area contributed by atoms with Gasteiger partial charge in [-0.3, -0.25) is 4.79 Å². The second-order valence-electron chi connectivity index (χ2n) is 5.99. The highest BCUT2D eigenvalue weighted by molar-refractivity contribution is 6.06. The molecule has 0 atom stereocenters. The number of nitrogens with two attached hydrogens (primary N) is 1. The number of carbonyl (C=O) groups is 1. The number of anilines is 2. The van der Waals surface area contributed by atoms with Crippen molar-refractivity contribution in [2.24, 2.45) is 0 Å². The Morgan fingerprint density at radius 1 is 1.16 bits per heavy atom. The van der Waals surface area contributed by atoms with Crippen LogP contribution >= 0.6 is 0 Å². The minimum Gasteiger partial charge on any atom is -0.382 e. The topological polar surface area (TPSA) is 85.8 Å². The first-order chi connectivity index (χ1) is 12.0. The summed E-state index contributed by atoms with van der Waals surface area (Å²) in [5.74, 6) is -0.146. The van der Waals surface area contributed by atoms with Crippen molar-refractivity contribution in [2.45, 2.75) is 27.2 Å². The third-order valence-corrected chi connectivity index (χ3v) is 4.18. The number of nitrogens with zero attached hydrogens (tertiary/aromatic N) is 3. The molecule has 6 nitrogen and oxygen atoms in total. The lowest BCUT2D eigenvalue weighted by atomic mass is 10.1. The SMILES string of the molecule is CCc1cccc(C)c1NC(=O)c1nnn(-c2ccc(C)cc2)c1N. The average Bonchev–Trinajstić information content (AvgIpc) is 2.99. The maximum absolute atomic E-state index is 12.6. The van der Waals surface area contributed by atoms with Crippen molar-refractivity contribution < 1.29 is 4.79 Å². The monoisotopic (exact) mass is 335 g/mol. The smallest absolute Gasteiger partial charge is 0.280 e. The van der Waals surface area contributed by atoms with E-state index in [1.807, 2.05) is 63.2 Å². The molecule has 1 amide bonds. The Morgan fingerprint density at radius 2 is 1.88 bits per heavy atom. The fourth-order valence-corrected chi connectivity index (χ4v) is 2.70. The number of nitrogen functional groups attached to an aromatic ring is 1. The Bertz CT molecular complexity index is 912. The van der Waals surface area contributed by atoms with Crippen LogP contribution in [-0.2, 0) is 6.42 Å². The van der Waals surface area contributed by atoms with E-state index in [0.717, 1.165) is 34.5 Å². The molecule has 0 saturated heterocycles. The molecule has 0 unspecified atom stereocenters. The summed E-state index contributed by atoms with van der Waals surface area (Å²) in [5, 5.41) is 10.9. The van der Waals surface area contributed by atoms with E-state index in [2.05, 4.69) is 15.6 Å². The van der Waals surface area contributed by atoms with Crippen LogP contribution in [0.15, 0.2) is 42.5 Å². The summed E-state index contributed by atoms with van der Waals surface area (Å²) in [6, 6.07) is 13.6. The van der Waals surface area contributed by atoms with Gasteiger partial charge in [-0.1, -0.05) is 48.0 Å². The van der Waals surface area contributed by atoms with Gasteiger partial charge in [0.2, 0.25) is 0 Å². The lowest BCUT2D eigenvalue weighted by molar-refractivity contribution is 0.102. The molecule has 25 heavy (non-hydrogen) atoms. The standard InChI is InChI=1S/C19H21N5O/c1-4-14-7-5-6-13(3)16(14)21-19(25)17-18(20)24(23-22-17)15-10-8-12(2)9-11-15/h5-11H,4,20H2,1-3H3,(H,21,25). The van der Waals surface area contributed by atoms with Gasteiger partial charge in [0.05, 0.1) is 5.69 Å². The number of rotatable bonds is 4. The highest BCUT2D eigenvalue weighted by atomic mass is 16.2. The van der Waals surface area contributed by atoms with Gasteiger partial charge in [0, 0.05) is 5.69 Å². The van der Waals surface area contributed by atoms with Crippen molar-refractivity contribution in [3.63, 3.8) is 0 Å². The lowest BCUT2D eigenvalue weighted by Crippen LogP contribution is -2.17. The molecule has 3 rings (SSSR count). The first kappa shape index (κ1) is 16.7. The van der Waals surface area contributed by atoms with E-state index < -0.39 is 0 Å². The zero-order chi connectivity index (χ0) is 18.0. The minimum atomic E-state index is -0.361. The Hall–Kier alpha value is -3.15. The van der Waals surface area contributed by atoms with Gasteiger partial charge < -0.3 is 11.1 Å². The van der Waals surface area contributed by atoms with Gasteiger partial charge in [-0.05, 0) is 43.5 Å². The molecule has 0 aliphatic carbocycles. The molecular formula is C19H21N5O.